The van der Waals surface area contributed by atoms with Crippen molar-refractivity contribution in [3.8, 4) is 11.6 Å². The highest BCUT2D eigenvalue weighted by molar-refractivity contribution is 5.98. The van der Waals surface area contributed by atoms with E-state index < -0.39 is 5.91 Å². The SMILES string of the molecule is Cc1nc(NCc2cccc(F)c2)nc(-c2nnc3c(C(N)=O)cccn23)n1. The van der Waals surface area contributed by atoms with Crippen LogP contribution in [0.25, 0.3) is 17.3 Å². The molecule has 1 aromatic carbocycles. The fourth-order valence-electron chi connectivity index (χ4n) is 2.75. The van der Waals surface area contributed by atoms with Crippen LogP contribution in [0.1, 0.15) is 21.7 Å². The number of fused-ring (bicyclic) bond motifs is 1. The molecule has 0 radical (unpaired) electrons. The fourth-order valence-corrected chi connectivity index (χ4v) is 2.75. The summed E-state index contributed by atoms with van der Waals surface area (Å²) in [5.41, 5.74) is 6.70. The number of hydrogen-bond acceptors (Lipinski definition) is 7. The van der Waals surface area contributed by atoms with Crippen LogP contribution in [-0.4, -0.2) is 35.5 Å². The highest BCUT2D eigenvalue weighted by atomic mass is 19.1. The molecule has 140 valence electrons. The molecule has 0 unspecified atom stereocenters. The molecule has 1 amide bonds. The van der Waals surface area contributed by atoms with Crippen molar-refractivity contribution < 1.29 is 9.18 Å². The smallest absolute Gasteiger partial charge is 0.252 e. The van der Waals surface area contributed by atoms with Gasteiger partial charge in [0.15, 0.2) is 5.65 Å². The number of nitrogens with two attached hydrogens (primary N) is 1. The third kappa shape index (κ3) is 3.34. The first-order chi connectivity index (χ1) is 13.5. The summed E-state index contributed by atoms with van der Waals surface area (Å²) in [6.45, 7) is 2.06. The number of aryl methyl sites for hydroxylation is 1. The van der Waals surface area contributed by atoms with Crippen LogP contribution in [0.3, 0.4) is 0 Å². The first-order valence-electron chi connectivity index (χ1n) is 8.36. The number of carbonyl (C=O) groups is 1. The number of halogens is 1. The third-order valence-corrected chi connectivity index (χ3v) is 3.99. The molecule has 9 nitrogen and oxygen atoms in total. The summed E-state index contributed by atoms with van der Waals surface area (Å²) in [7, 11) is 0. The average Bonchev–Trinajstić information content (AvgIpc) is 3.10. The summed E-state index contributed by atoms with van der Waals surface area (Å²) in [5, 5.41) is 11.2. The van der Waals surface area contributed by atoms with Crippen LogP contribution in [0.4, 0.5) is 10.3 Å². The van der Waals surface area contributed by atoms with Gasteiger partial charge in [-0.25, -0.2) is 9.37 Å². The second-order valence-corrected chi connectivity index (χ2v) is 6.02. The second-order valence-electron chi connectivity index (χ2n) is 6.02. The van der Waals surface area contributed by atoms with Crippen molar-refractivity contribution in [3.05, 3.63) is 65.4 Å². The Labute approximate surface area is 158 Å². The summed E-state index contributed by atoms with van der Waals surface area (Å²) in [5.74, 6) is 0.491. The van der Waals surface area contributed by atoms with E-state index in [1.807, 2.05) is 0 Å². The van der Waals surface area contributed by atoms with Crippen LogP contribution in [0.5, 0.6) is 0 Å². The summed E-state index contributed by atoms with van der Waals surface area (Å²) in [6, 6.07) is 9.47. The van der Waals surface area contributed by atoms with Crippen molar-refractivity contribution in [2.45, 2.75) is 13.5 Å². The van der Waals surface area contributed by atoms with Crippen LogP contribution >= 0.6 is 0 Å². The van der Waals surface area contributed by atoms with Crippen molar-refractivity contribution >= 4 is 17.5 Å². The zero-order chi connectivity index (χ0) is 19.7. The van der Waals surface area contributed by atoms with Crippen molar-refractivity contribution in [1.82, 2.24) is 29.5 Å². The molecular formula is C18H15FN8O. The van der Waals surface area contributed by atoms with Gasteiger partial charge in [0.1, 0.15) is 11.6 Å². The van der Waals surface area contributed by atoms with E-state index in [1.54, 1.807) is 41.8 Å². The van der Waals surface area contributed by atoms with E-state index >= 15 is 0 Å². The monoisotopic (exact) mass is 378 g/mol. The van der Waals surface area contributed by atoms with E-state index in [2.05, 4.69) is 30.5 Å². The van der Waals surface area contributed by atoms with Gasteiger partial charge >= 0.3 is 0 Å². The van der Waals surface area contributed by atoms with Gasteiger partial charge in [-0.15, -0.1) is 10.2 Å². The molecule has 0 saturated carbocycles. The van der Waals surface area contributed by atoms with Gasteiger partial charge in [-0.05, 0) is 36.8 Å². The summed E-state index contributed by atoms with van der Waals surface area (Å²) >= 11 is 0. The minimum absolute atomic E-state index is 0.247. The zero-order valence-electron chi connectivity index (χ0n) is 14.8. The van der Waals surface area contributed by atoms with E-state index in [4.69, 9.17) is 5.73 Å². The number of anilines is 1. The van der Waals surface area contributed by atoms with Gasteiger partial charge in [0.2, 0.25) is 17.6 Å². The van der Waals surface area contributed by atoms with Gasteiger partial charge in [-0.1, -0.05) is 12.1 Å². The minimum Gasteiger partial charge on any atom is -0.365 e. The van der Waals surface area contributed by atoms with Gasteiger partial charge in [0.05, 0.1) is 5.56 Å². The lowest BCUT2D eigenvalue weighted by molar-refractivity contribution is 0.100. The quantitative estimate of drug-likeness (QED) is 0.542. The number of amides is 1. The fraction of sp³-hybridized carbons (Fsp3) is 0.111. The molecule has 4 rings (SSSR count). The van der Waals surface area contributed by atoms with Crippen molar-refractivity contribution in [1.29, 1.82) is 0 Å². The zero-order valence-corrected chi connectivity index (χ0v) is 14.8. The van der Waals surface area contributed by atoms with Crippen LogP contribution in [0, 0.1) is 12.7 Å². The lowest BCUT2D eigenvalue weighted by Crippen LogP contribution is -2.12. The molecule has 0 saturated heterocycles. The highest BCUT2D eigenvalue weighted by Crippen LogP contribution is 2.18. The number of hydrogen-bond donors (Lipinski definition) is 2. The number of rotatable bonds is 5. The molecular weight excluding hydrogens is 363 g/mol. The van der Waals surface area contributed by atoms with Gasteiger partial charge < -0.3 is 11.1 Å². The number of nitrogens with zero attached hydrogens (tertiary/aromatic N) is 6. The maximum atomic E-state index is 13.3. The summed E-state index contributed by atoms with van der Waals surface area (Å²) in [4.78, 5) is 24.5. The number of pyridine rings is 1. The van der Waals surface area contributed by atoms with Crippen LogP contribution in [0.2, 0.25) is 0 Å². The molecule has 3 heterocycles. The standard InChI is InChI=1S/C18H15FN8O/c1-10-22-15(17-26-25-16-13(14(20)28)6-3-7-27(16)17)24-18(23-10)21-9-11-4-2-5-12(19)8-11/h2-8H,9H2,1H3,(H2,20,28)(H,21,22,23,24). The lowest BCUT2D eigenvalue weighted by Gasteiger charge is -2.07. The Bertz CT molecular complexity index is 1190. The molecule has 0 atom stereocenters. The van der Waals surface area contributed by atoms with Crippen LogP contribution < -0.4 is 11.1 Å². The molecule has 3 aromatic heterocycles. The molecule has 10 heteroatoms. The Morgan fingerprint density at radius 1 is 1.18 bits per heavy atom. The van der Waals surface area contributed by atoms with E-state index in [0.717, 1.165) is 5.56 Å². The molecule has 0 fully saturated rings. The number of carbonyl (C=O) groups excluding carboxylic acids is 1. The molecule has 4 aromatic rings. The molecule has 0 bridgehead atoms. The summed E-state index contributed by atoms with van der Waals surface area (Å²) in [6.07, 6.45) is 1.69. The number of aromatic nitrogens is 6. The normalized spacial score (nSPS) is 10.9. The second kappa shape index (κ2) is 6.99. The van der Waals surface area contributed by atoms with Crippen LogP contribution in [-0.2, 0) is 6.54 Å². The van der Waals surface area contributed by atoms with E-state index in [-0.39, 0.29) is 17.2 Å². The van der Waals surface area contributed by atoms with Crippen molar-refractivity contribution in [2.24, 2.45) is 5.73 Å². The maximum Gasteiger partial charge on any atom is 0.252 e. The minimum atomic E-state index is -0.603. The Hall–Kier alpha value is -3.95. The third-order valence-electron chi connectivity index (χ3n) is 3.99. The van der Waals surface area contributed by atoms with Crippen LogP contribution in [0.15, 0.2) is 42.6 Å². The topological polar surface area (TPSA) is 124 Å². The number of benzene rings is 1. The largest absolute Gasteiger partial charge is 0.365 e. The molecule has 0 aliphatic rings. The van der Waals surface area contributed by atoms with Gasteiger partial charge in [0.25, 0.3) is 5.91 Å². The maximum absolute atomic E-state index is 13.3. The van der Waals surface area contributed by atoms with Crippen molar-refractivity contribution in [3.63, 3.8) is 0 Å². The van der Waals surface area contributed by atoms with E-state index in [0.29, 0.717) is 29.8 Å². The Balaban J connectivity index is 1.68. The molecule has 0 aliphatic carbocycles. The summed E-state index contributed by atoms with van der Waals surface area (Å²) < 4.78 is 14.9. The predicted molar refractivity (Wildman–Crippen MR) is 98.8 cm³/mol. The van der Waals surface area contributed by atoms with Crippen molar-refractivity contribution in [2.75, 3.05) is 5.32 Å². The Morgan fingerprint density at radius 2 is 2.04 bits per heavy atom. The average molecular weight is 378 g/mol. The van der Waals surface area contributed by atoms with Gasteiger partial charge in [-0.2, -0.15) is 9.97 Å². The highest BCUT2D eigenvalue weighted by Gasteiger charge is 2.17. The predicted octanol–water partition coefficient (Wildman–Crippen LogP) is 1.74. The molecule has 28 heavy (non-hydrogen) atoms. The first kappa shape index (κ1) is 17.5. The lowest BCUT2D eigenvalue weighted by atomic mass is 10.2. The number of primary amides is 1. The number of nitrogens with one attached hydrogen (secondary N) is 1. The molecule has 0 aliphatic heterocycles. The van der Waals surface area contributed by atoms with E-state index in [1.165, 1.54) is 12.1 Å². The molecule has 0 spiro atoms. The van der Waals surface area contributed by atoms with Gasteiger partial charge in [-0.3, -0.25) is 9.20 Å². The Kier molecular flexibility index (Phi) is 4.36. The Morgan fingerprint density at radius 3 is 2.82 bits per heavy atom. The van der Waals surface area contributed by atoms with E-state index in [9.17, 15) is 9.18 Å². The molecule has 3 N–H and O–H groups in total. The van der Waals surface area contributed by atoms with Gasteiger partial charge in [0, 0.05) is 12.7 Å². The first-order valence-corrected chi connectivity index (χ1v) is 8.36.